The van der Waals surface area contributed by atoms with Gasteiger partial charge in [-0.25, -0.2) is 8.78 Å². The van der Waals surface area contributed by atoms with Crippen LogP contribution in [0.25, 0.3) is 0 Å². The van der Waals surface area contributed by atoms with E-state index in [-0.39, 0.29) is 24.4 Å². The van der Waals surface area contributed by atoms with E-state index in [2.05, 4.69) is 5.32 Å². The molecule has 0 aromatic heterocycles. The number of Topliss-reactive ketones (excluding diaryl/α,β-unsaturated/α-hetero) is 2. The molecule has 0 heterocycles. The van der Waals surface area contributed by atoms with Crippen molar-refractivity contribution in [2.75, 3.05) is 0 Å². The molecule has 0 radical (unpaired) electrons. The Morgan fingerprint density at radius 2 is 1.63 bits per heavy atom. The second kappa shape index (κ2) is 10.7. The molecule has 2 rings (SSSR count). The largest absolute Gasteiger partial charge is 0.346 e. The number of carbonyl (C=O) groups is 3. The van der Waals surface area contributed by atoms with Crippen LogP contribution >= 0.6 is 0 Å². The molecule has 160 valence electrons. The van der Waals surface area contributed by atoms with Gasteiger partial charge in [0.15, 0.2) is 23.2 Å². The van der Waals surface area contributed by atoms with E-state index in [1.165, 1.54) is 13.0 Å². The van der Waals surface area contributed by atoms with Gasteiger partial charge < -0.3 is 11.1 Å². The fourth-order valence-electron chi connectivity index (χ4n) is 3.04. The predicted octanol–water partition coefficient (Wildman–Crippen LogP) is 2.75. The highest BCUT2D eigenvalue weighted by Crippen LogP contribution is 2.13. The van der Waals surface area contributed by atoms with E-state index in [4.69, 9.17) is 5.73 Å². The van der Waals surface area contributed by atoms with Crippen LogP contribution in [0.4, 0.5) is 8.78 Å². The molecule has 0 bridgehead atoms. The summed E-state index contributed by atoms with van der Waals surface area (Å²) in [5, 5.41) is 2.70. The standard InChI is InChI=1S/C23H26F2N2O3/c1-14(10-22(29)20(26)12-17-8-9-18(24)19(25)11-17)23(30)27-21(15(2)28)13-16-6-4-3-5-7-16/h3-9,11,14,20-21H,10,12-13,26H2,1-2H3,(H,27,30)/t14-,20?,21+/m0/s1. The normalized spacial score (nSPS) is 13.9. The average molecular weight is 416 g/mol. The number of ketones is 2. The van der Waals surface area contributed by atoms with Crippen LogP contribution in [0.15, 0.2) is 48.5 Å². The molecular weight excluding hydrogens is 390 g/mol. The first-order chi connectivity index (χ1) is 14.2. The van der Waals surface area contributed by atoms with Crippen molar-refractivity contribution in [1.29, 1.82) is 0 Å². The molecule has 0 aliphatic heterocycles. The summed E-state index contributed by atoms with van der Waals surface area (Å²) >= 11 is 0. The Bertz CT molecular complexity index is 903. The molecule has 5 nitrogen and oxygen atoms in total. The van der Waals surface area contributed by atoms with Gasteiger partial charge in [0.2, 0.25) is 5.91 Å². The van der Waals surface area contributed by atoms with Crippen molar-refractivity contribution in [2.45, 2.75) is 45.2 Å². The lowest BCUT2D eigenvalue weighted by molar-refractivity contribution is -0.131. The van der Waals surface area contributed by atoms with Crippen LogP contribution < -0.4 is 11.1 Å². The Hall–Kier alpha value is -2.93. The Kier molecular flexibility index (Phi) is 8.35. The number of amides is 1. The quantitative estimate of drug-likeness (QED) is 0.623. The minimum absolute atomic E-state index is 0.0362. The summed E-state index contributed by atoms with van der Waals surface area (Å²) in [6.07, 6.45) is 0.277. The van der Waals surface area contributed by atoms with Crippen LogP contribution in [-0.2, 0) is 27.2 Å². The van der Waals surface area contributed by atoms with E-state index in [1.807, 2.05) is 30.3 Å². The van der Waals surface area contributed by atoms with Gasteiger partial charge in [0, 0.05) is 12.3 Å². The third-order valence-corrected chi connectivity index (χ3v) is 4.90. The number of rotatable bonds is 10. The minimum atomic E-state index is -1.01. The molecule has 1 unspecified atom stereocenters. The molecule has 7 heteroatoms. The number of benzene rings is 2. The van der Waals surface area contributed by atoms with Crippen LogP contribution in [-0.4, -0.2) is 29.6 Å². The smallest absolute Gasteiger partial charge is 0.223 e. The van der Waals surface area contributed by atoms with Gasteiger partial charge in [0.25, 0.3) is 0 Å². The topological polar surface area (TPSA) is 89.3 Å². The van der Waals surface area contributed by atoms with Gasteiger partial charge in [-0.1, -0.05) is 43.3 Å². The predicted molar refractivity (Wildman–Crippen MR) is 110 cm³/mol. The molecule has 0 fully saturated rings. The molecule has 0 saturated heterocycles. The van der Waals surface area contributed by atoms with Crippen LogP contribution in [0.1, 0.15) is 31.4 Å². The molecule has 0 aliphatic carbocycles. The maximum absolute atomic E-state index is 13.3. The highest BCUT2D eigenvalue weighted by atomic mass is 19.2. The molecule has 0 spiro atoms. The zero-order chi connectivity index (χ0) is 22.3. The Balaban J connectivity index is 1.91. The van der Waals surface area contributed by atoms with Crippen LogP contribution in [0.5, 0.6) is 0 Å². The van der Waals surface area contributed by atoms with E-state index in [0.29, 0.717) is 12.0 Å². The Morgan fingerprint density at radius 1 is 0.967 bits per heavy atom. The van der Waals surface area contributed by atoms with Gasteiger partial charge in [-0.15, -0.1) is 0 Å². The number of nitrogens with two attached hydrogens (primary N) is 1. The molecule has 0 saturated carbocycles. The second-order valence-corrected chi connectivity index (χ2v) is 7.49. The number of nitrogens with one attached hydrogen (secondary N) is 1. The monoisotopic (exact) mass is 416 g/mol. The summed E-state index contributed by atoms with van der Waals surface area (Å²) in [7, 11) is 0. The molecule has 30 heavy (non-hydrogen) atoms. The highest BCUT2D eigenvalue weighted by Gasteiger charge is 2.25. The van der Waals surface area contributed by atoms with Crippen LogP contribution in [0.2, 0.25) is 0 Å². The van der Waals surface area contributed by atoms with Crippen molar-refractivity contribution in [3.63, 3.8) is 0 Å². The van der Waals surface area contributed by atoms with Gasteiger partial charge >= 0.3 is 0 Å². The van der Waals surface area contributed by atoms with Gasteiger partial charge in [-0.3, -0.25) is 14.4 Å². The molecule has 2 aromatic carbocycles. The lowest BCUT2D eigenvalue weighted by atomic mass is 9.95. The number of hydrogen-bond acceptors (Lipinski definition) is 4. The van der Waals surface area contributed by atoms with Crippen LogP contribution in [0, 0.1) is 17.6 Å². The highest BCUT2D eigenvalue weighted by molar-refractivity contribution is 5.92. The number of carbonyl (C=O) groups excluding carboxylic acids is 3. The first-order valence-electron chi connectivity index (χ1n) is 9.74. The molecule has 2 aromatic rings. The van der Waals surface area contributed by atoms with Crippen molar-refractivity contribution in [3.8, 4) is 0 Å². The van der Waals surface area contributed by atoms with Gasteiger partial charge in [0.05, 0.1) is 12.1 Å². The van der Waals surface area contributed by atoms with E-state index in [1.54, 1.807) is 6.92 Å². The zero-order valence-corrected chi connectivity index (χ0v) is 17.0. The maximum atomic E-state index is 13.3. The van der Waals surface area contributed by atoms with E-state index < -0.39 is 35.5 Å². The first kappa shape index (κ1) is 23.3. The third-order valence-electron chi connectivity index (χ3n) is 4.90. The van der Waals surface area contributed by atoms with E-state index in [9.17, 15) is 23.2 Å². The Morgan fingerprint density at radius 3 is 2.23 bits per heavy atom. The molecule has 0 aliphatic rings. The summed E-state index contributed by atoms with van der Waals surface area (Å²) in [4.78, 5) is 36.8. The summed E-state index contributed by atoms with van der Waals surface area (Å²) in [6, 6.07) is 11.0. The summed E-state index contributed by atoms with van der Waals surface area (Å²) < 4.78 is 26.3. The third kappa shape index (κ3) is 6.84. The maximum Gasteiger partial charge on any atom is 0.223 e. The molecular formula is C23H26F2N2O3. The molecule has 3 atom stereocenters. The molecule has 3 N–H and O–H groups in total. The van der Waals surface area contributed by atoms with Crippen molar-refractivity contribution in [2.24, 2.45) is 11.7 Å². The zero-order valence-electron chi connectivity index (χ0n) is 17.0. The fourth-order valence-corrected chi connectivity index (χ4v) is 3.04. The lowest BCUT2D eigenvalue weighted by Crippen LogP contribution is -2.44. The first-order valence-corrected chi connectivity index (χ1v) is 9.74. The SMILES string of the molecule is CC(=O)[C@@H](Cc1ccccc1)NC(=O)[C@@H](C)CC(=O)C(N)Cc1ccc(F)c(F)c1. The van der Waals surface area contributed by atoms with E-state index in [0.717, 1.165) is 17.7 Å². The number of halogens is 2. The lowest BCUT2D eigenvalue weighted by Gasteiger charge is -2.20. The molecule has 1 amide bonds. The number of hydrogen-bond donors (Lipinski definition) is 2. The minimum Gasteiger partial charge on any atom is -0.346 e. The second-order valence-electron chi connectivity index (χ2n) is 7.49. The summed E-state index contributed by atoms with van der Waals surface area (Å²) in [5.74, 6) is -3.63. The van der Waals surface area contributed by atoms with Gasteiger partial charge in [-0.2, -0.15) is 0 Å². The summed E-state index contributed by atoms with van der Waals surface area (Å²) in [5.41, 5.74) is 7.19. The van der Waals surface area contributed by atoms with Crippen molar-refractivity contribution in [1.82, 2.24) is 5.32 Å². The fraction of sp³-hybridized carbons (Fsp3) is 0.348. The van der Waals surface area contributed by atoms with Crippen molar-refractivity contribution < 1.29 is 23.2 Å². The van der Waals surface area contributed by atoms with Crippen LogP contribution in [0.3, 0.4) is 0 Å². The van der Waals surface area contributed by atoms with E-state index >= 15 is 0 Å². The van der Waals surface area contributed by atoms with Gasteiger partial charge in [0.1, 0.15) is 0 Å². The van der Waals surface area contributed by atoms with Crippen molar-refractivity contribution >= 4 is 17.5 Å². The summed E-state index contributed by atoms with van der Waals surface area (Å²) in [6.45, 7) is 2.98. The van der Waals surface area contributed by atoms with Crippen molar-refractivity contribution in [3.05, 3.63) is 71.3 Å². The Labute approximate surface area is 174 Å². The van der Waals surface area contributed by atoms with Gasteiger partial charge in [-0.05, 0) is 43.0 Å². The average Bonchev–Trinajstić information content (AvgIpc) is 2.70.